The normalized spacial score (nSPS) is 9.88. The van der Waals surface area contributed by atoms with Crippen LogP contribution in [0.15, 0.2) is 0 Å². The summed E-state index contributed by atoms with van der Waals surface area (Å²) in [6.07, 6.45) is 2.16. The van der Waals surface area contributed by atoms with Crippen molar-refractivity contribution in [3.8, 4) is 0 Å². The van der Waals surface area contributed by atoms with Crippen molar-refractivity contribution in [3.63, 3.8) is 0 Å². The summed E-state index contributed by atoms with van der Waals surface area (Å²) in [6.45, 7) is 5.22. The number of esters is 2. The summed E-state index contributed by atoms with van der Waals surface area (Å²) in [5.41, 5.74) is 0. The Bertz CT molecular complexity index is 206. The van der Waals surface area contributed by atoms with Crippen LogP contribution in [0.5, 0.6) is 0 Å². The molecule has 0 bridgehead atoms. The summed E-state index contributed by atoms with van der Waals surface area (Å²) in [5, 5.41) is 2.83. The molecule has 0 aliphatic rings. The van der Waals surface area contributed by atoms with Gasteiger partial charge in [-0.3, -0.25) is 9.59 Å². The van der Waals surface area contributed by atoms with Gasteiger partial charge in [0.2, 0.25) is 0 Å². The summed E-state index contributed by atoms with van der Waals surface area (Å²) >= 11 is 0. The average molecular weight is 231 g/mol. The summed E-state index contributed by atoms with van der Waals surface area (Å²) in [5.74, 6) is -0.536. The first-order chi connectivity index (χ1) is 7.70. The lowest BCUT2D eigenvalue weighted by molar-refractivity contribution is -0.144. The highest BCUT2D eigenvalue weighted by molar-refractivity contribution is 5.72. The Labute approximate surface area is 96.5 Å². The number of nitrogens with one attached hydrogen (secondary N) is 1. The highest BCUT2D eigenvalue weighted by Gasteiger charge is 2.03. The zero-order valence-corrected chi connectivity index (χ0v) is 10.1. The van der Waals surface area contributed by atoms with E-state index >= 15 is 0 Å². The maximum Gasteiger partial charge on any atom is 0.319 e. The van der Waals surface area contributed by atoms with Gasteiger partial charge in [-0.05, 0) is 13.3 Å². The van der Waals surface area contributed by atoms with E-state index in [0.29, 0.717) is 19.8 Å². The molecule has 94 valence electrons. The molecule has 0 aromatic carbocycles. The summed E-state index contributed by atoms with van der Waals surface area (Å²) in [7, 11) is 0. The Morgan fingerprint density at radius 1 is 1.12 bits per heavy atom. The number of hydrogen-bond acceptors (Lipinski definition) is 5. The predicted molar refractivity (Wildman–Crippen MR) is 60.0 cm³/mol. The van der Waals surface area contributed by atoms with Crippen molar-refractivity contribution in [2.75, 3.05) is 26.3 Å². The molecule has 0 radical (unpaired) electrons. The van der Waals surface area contributed by atoms with Crippen LogP contribution in [-0.4, -0.2) is 38.2 Å². The van der Waals surface area contributed by atoms with Crippen molar-refractivity contribution < 1.29 is 19.1 Å². The predicted octanol–water partition coefficient (Wildman–Crippen LogP) is 0.873. The Morgan fingerprint density at radius 3 is 2.50 bits per heavy atom. The van der Waals surface area contributed by atoms with Crippen LogP contribution in [0.2, 0.25) is 0 Å². The van der Waals surface area contributed by atoms with Gasteiger partial charge in [0.05, 0.1) is 26.2 Å². The Morgan fingerprint density at radius 2 is 1.88 bits per heavy atom. The van der Waals surface area contributed by atoms with E-state index in [2.05, 4.69) is 5.32 Å². The Balaban J connectivity index is 3.30. The average Bonchev–Trinajstić information content (AvgIpc) is 2.25. The van der Waals surface area contributed by atoms with E-state index < -0.39 is 0 Å². The number of carbonyl (C=O) groups excluding carboxylic acids is 2. The van der Waals surface area contributed by atoms with E-state index in [1.165, 1.54) is 0 Å². The molecular weight excluding hydrogens is 210 g/mol. The third-order valence-corrected chi connectivity index (χ3v) is 1.84. The lowest BCUT2D eigenvalue weighted by atomic mass is 10.4. The maximum atomic E-state index is 11.1. The molecule has 0 aromatic rings. The van der Waals surface area contributed by atoms with Crippen LogP contribution in [0.25, 0.3) is 0 Å². The van der Waals surface area contributed by atoms with E-state index in [0.717, 1.165) is 12.8 Å². The van der Waals surface area contributed by atoms with Gasteiger partial charge in [0.15, 0.2) is 0 Å². The molecule has 0 aliphatic heterocycles. The first-order valence-electron chi connectivity index (χ1n) is 5.72. The first-order valence-corrected chi connectivity index (χ1v) is 5.72. The van der Waals surface area contributed by atoms with Crippen LogP contribution >= 0.6 is 0 Å². The van der Waals surface area contributed by atoms with Crippen LogP contribution in [0, 0.1) is 0 Å². The minimum absolute atomic E-state index is 0.142. The molecule has 5 heteroatoms. The second-order valence-corrected chi connectivity index (χ2v) is 3.31. The number of rotatable bonds is 9. The molecule has 0 amide bonds. The molecule has 0 rings (SSSR count). The van der Waals surface area contributed by atoms with Gasteiger partial charge in [0.1, 0.15) is 0 Å². The minimum Gasteiger partial charge on any atom is -0.466 e. The van der Waals surface area contributed by atoms with Crippen LogP contribution in [-0.2, 0) is 19.1 Å². The topological polar surface area (TPSA) is 64.6 Å². The Kier molecular flexibility index (Phi) is 9.70. The summed E-state index contributed by atoms with van der Waals surface area (Å²) in [4.78, 5) is 22.0. The van der Waals surface area contributed by atoms with E-state index in [1.54, 1.807) is 6.92 Å². The van der Waals surface area contributed by atoms with Gasteiger partial charge < -0.3 is 14.8 Å². The fraction of sp³-hybridized carbons (Fsp3) is 0.818. The molecule has 5 nitrogen and oxygen atoms in total. The highest BCUT2D eigenvalue weighted by Crippen LogP contribution is 1.88. The van der Waals surface area contributed by atoms with Gasteiger partial charge in [0, 0.05) is 6.54 Å². The molecule has 0 atom stereocenters. The van der Waals surface area contributed by atoms with Gasteiger partial charge in [0.25, 0.3) is 0 Å². The van der Waals surface area contributed by atoms with Crippen LogP contribution in [0.1, 0.15) is 33.1 Å². The number of ether oxygens (including phenoxy) is 2. The quantitative estimate of drug-likeness (QED) is 0.471. The number of hydrogen-bond donors (Lipinski definition) is 1. The van der Waals surface area contributed by atoms with Gasteiger partial charge in [-0.15, -0.1) is 0 Å². The van der Waals surface area contributed by atoms with Crippen LogP contribution < -0.4 is 5.32 Å². The summed E-state index contributed by atoms with van der Waals surface area (Å²) < 4.78 is 9.65. The van der Waals surface area contributed by atoms with Crippen LogP contribution in [0.4, 0.5) is 0 Å². The summed E-state index contributed by atoms with van der Waals surface area (Å²) in [6, 6.07) is 0. The largest absolute Gasteiger partial charge is 0.466 e. The third-order valence-electron chi connectivity index (χ3n) is 1.84. The van der Waals surface area contributed by atoms with Crippen molar-refractivity contribution in [2.45, 2.75) is 33.1 Å². The Hall–Kier alpha value is -1.10. The van der Waals surface area contributed by atoms with Crippen molar-refractivity contribution in [3.05, 3.63) is 0 Å². The number of unbranched alkanes of at least 4 members (excludes halogenated alkanes) is 1. The molecule has 0 saturated heterocycles. The molecule has 0 unspecified atom stereocenters. The first kappa shape index (κ1) is 14.9. The molecule has 16 heavy (non-hydrogen) atoms. The van der Waals surface area contributed by atoms with Crippen LogP contribution in [0.3, 0.4) is 0 Å². The molecule has 0 heterocycles. The fourth-order valence-electron chi connectivity index (χ4n) is 0.995. The van der Waals surface area contributed by atoms with E-state index in [-0.39, 0.29) is 24.9 Å². The van der Waals surface area contributed by atoms with E-state index in [1.807, 2.05) is 6.92 Å². The zero-order chi connectivity index (χ0) is 12.2. The van der Waals surface area contributed by atoms with Crippen molar-refractivity contribution in [1.29, 1.82) is 0 Å². The van der Waals surface area contributed by atoms with Crippen molar-refractivity contribution in [1.82, 2.24) is 5.32 Å². The van der Waals surface area contributed by atoms with E-state index in [4.69, 9.17) is 9.47 Å². The fourth-order valence-corrected chi connectivity index (χ4v) is 0.995. The second-order valence-electron chi connectivity index (χ2n) is 3.31. The van der Waals surface area contributed by atoms with Gasteiger partial charge in [-0.2, -0.15) is 0 Å². The second kappa shape index (κ2) is 10.4. The van der Waals surface area contributed by atoms with Gasteiger partial charge >= 0.3 is 11.9 Å². The molecule has 0 fully saturated rings. The van der Waals surface area contributed by atoms with Gasteiger partial charge in [-0.1, -0.05) is 13.3 Å². The molecule has 0 spiro atoms. The minimum atomic E-state index is -0.280. The SMILES string of the molecule is CCCCOC(=O)CNCCC(=O)OCC. The lowest BCUT2D eigenvalue weighted by Crippen LogP contribution is -2.27. The van der Waals surface area contributed by atoms with Crippen molar-refractivity contribution in [2.24, 2.45) is 0 Å². The van der Waals surface area contributed by atoms with Crippen molar-refractivity contribution >= 4 is 11.9 Å². The smallest absolute Gasteiger partial charge is 0.319 e. The standard InChI is InChI=1S/C11H21NO4/c1-3-5-8-16-11(14)9-12-7-6-10(13)15-4-2/h12H,3-9H2,1-2H3. The molecule has 0 aromatic heterocycles. The van der Waals surface area contributed by atoms with Gasteiger partial charge in [-0.25, -0.2) is 0 Å². The molecule has 0 aliphatic carbocycles. The third kappa shape index (κ3) is 9.45. The zero-order valence-electron chi connectivity index (χ0n) is 10.1. The maximum absolute atomic E-state index is 11.1. The molecule has 0 saturated carbocycles. The monoisotopic (exact) mass is 231 g/mol. The number of carbonyl (C=O) groups is 2. The van der Waals surface area contributed by atoms with E-state index in [9.17, 15) is 9.59 Å². The highest BCUT2D eigenvalue weighted by atomic mass is 16.5. The molecule has 1 N–H and O–H groups in total. The molecular formula is C11H21NO4. The lowest BCUT2D eigenvalue weighted by Gasteiger charge is -2.05.